The van der Waals surface area contributed by atoms with Crippen molar-refractivity contribution in [3.63, 3.8) is 0 Å². The standard InChI is InChI=1S/C18H11Cl2N3O2/c19-14-4-1-11(7-13-3-6-18(24)23-22-13)8-16(14)25-17-9-12(10-21)2-5-15(17)20/h1-6,8-9H,7H2,(H,23,24). The van der Waals surface area contributed by atoms with E-state index in [1.165, 1.54) is 6.07 Å². The zero-order chi connectivity index (χ0) is 17.8. The van der Waals surface area contributed by atoms with E-state index in [0.717, 1.165) is 5.56 Å². The molecule has 3 rings (SSSR count). The molecule has 25 heavy (non-hydrogen) atoms. The summed E-state index contributed by atoms with van der Waals surface area (Å²) in [6.45, 7) is 0. The van der Waals surface area contributed by atoms with Gasteiger partial charge in [0.05, 0.1) is 27.4 Å². The molecule has 0 bridgehead atoms. The second kappa shape index (κ2) is 7.39. The van der Waals surface area contributed by atoms with Gasteiger partial charge in [0.2, 0.25) is 0 Å². The fraction of sp³-hybridized carbons (Fsp3) is 0.0556. The van der Waals surface area contributed by atoms with Gasteiger partial charge in [-0.3, -0.25) is 4.79 Å². The number of nitriles is 1. The molecule has 124 valence electrons. The predicted octanol–water partition coefficient (Wildman–Crippen LogP) is 4.33. The molecular weight excluding hydrogens is 361 g/mol. The van der Waals surface area contributed by atoms with Crippen LogP contribution >= 0.6 is 23.2 Å². The highest BCUT2D eigenvalue weighted by molar-refractivity contribution is 6.32. The van der Waals surface area contributed by atoms with Crippen LogP contribution in [-0.4, -0.2) is 10.2 Å². The summed E-state index contributed by atoms with van der Waals surface area (Å²) in [4.78, 5) is 11.1. The summed E-state index contributed by atoms with van der Waals surface area (Å²) in [5.74, 6) is 0.766. The van der Waals surface area contributed by atoms with Gasteiger partial charge in [-0.05, 0) is 35.9 Å². The van der Waals surface area contributed by atoms with Gasteiger partial charge in [-0.2, -0.15) is 10.4 Å². The number of nitrogens with one attached hydrogen (secondary N) is 1. The Morgan fingerprint density at radius 1 is 1.04 bits per heavy atom. The quantitative estimate of drug-likeness (QED) is 0.739. The van der Waals surface area contributed by atoms with Crippen LogP contribution in [0.3, 0.4) is 0 Å². The molecule has 2 aromatic carbocycles. The smallest absolute Gasteiger partial charge is 0.264 e. The molecule has 0 atom stereocenters. The molecule has 0 saturated heterocycles. The van der Waals surface area contributed by atoms with E-state index in [9.17, 15) is 4.79 Å². The molecule has 1 aromatic heterocycles. The van der Waals surface area contributed by atoms with Gasteiger partial charge in [-0.15, -0.1) is 0 Å². The number of halogens is 2. The SMILES string of the molecule is N#Cc1ccc(Cl)c(Oc2cc(Cc3ccc(=O)[nH]n3)ccc2Cl)c1. The van der Waals surface area contributed by atoms with Gasteiger partial charge in [-0.25, -0.2) is 5.10 Å². The topological polar surface area (TPSA) is 78.8 Å². The number of nitrogens with zero attached hydrogens (tertiary/aromatic N) is 2. The van der Waals surface area contributed by atoms with Gasteiger partial charge < -0.3 is 4.74 Å². The third-order valence-electron chi connectivity index (χ3n) is 3.40. The molecule has 0 unspecified atom stereocenters. The summed E-state index contributed by atoms with van der Waals surface area (Å²) in [5.41, 5.74) is 1.78. The summed E-state index contributed by atoms with van der Waals surface area (Å²) in [6.07, 6.45) is 0.496. The number of H-pyrrole nitrogens is 1. The largest absolute Gasteiger partial charge is 0.454 e. The Morgan fingerprint density at radius 3 is 2.44 bits per heavy atom. The van der Waals surface area contributed by atoms with E-state index in [2.05, 4.69) is 10.2 Å². The normalized spacial score (nSPS) is 10.3. The van der Waals surface area contributed by atoms with Crippen molar-refractivity contribution in [2.75, 3.05) is 0 Å². The first-order valence-corrected chi connectivity index (χ1v) is 8.01. The van der Waals surface area contributed by atoms with Crippen LogP contribution in [-0.2, 0) is 6.42 Å². The first-order chi connectivity index (χ1) is 12.0. The van der Waals surface area contributed by atoms with Crippen molar-refractivity contribution < 1.29 is 4.74 Å². The lowest BCUT2D eigenvalue weighted by Crippen LogP contribution is -2.07. The maximum absolute atomic E-state index is 11.1. The molecule has 0 radical (unpaired) electrons. The summed E-state index contributed by atoms with van der Waals surface area (Å²) >= 11 is 12.3. The number of ether oxygens (including phenoxy) is 1. The number of benzene rings is 2. The molecule has 3 aromatic rings. The van der Waals surface area contributed by atoms with Gasteiger partial charge in [0.25, 0.3) is 5.56 Å². The fourth-order valence-corrected chi connectivity index (χ4v) is 2.50. The van der Waals surface area contributed by atoms with Crippen molar-refractivity contribution in [1.29, 1.82) is 5.26 Å². The van der Waals surface area contributed by atoms with Crippen LogP contribution in [0.4, 0.5) is 0 Å². The first-order valence-electron chi connectivity index (χ1n) is 7.26. The Labute approximate surface area is 153 Å². The third kappa shape index (κ3) is 4.18. The Morgan fingerprint density at radius 2 is 1.76 bits per heavy atom. The van der Waals surface area contributed by atoms with Crippen molar-refractivity contribution >= 4 is 23.2 Å². The maximum atomic E-state index is 11.1. The number of hydrogen-bond acceptors (Lipinski definition) is 4. The van der Waals surface area contributed by atoms with Crippen molar-refractivity contribution in [3.05, 3.63) is 85.8 Å². The Kier molecular flexibility index (Phi) is 5.03. The van der Waals surface area contributed by atoms with Crippen molar-refractivity contribution in [3.8, 4) is 17.6 Å². The van der Waals surface area contributed by atoms with E-state index in [1.807, 2.05) is 12.1 Å². The molecule has 0 spiro atoms. The average molecular weight is 372 g/mol. The van der Waals surface area contributed by atoms with Crippen LogP contribution < -0.4 is 10.3 Å². The lowest BCUT2D eigenvalue weighted by Gasteiger charge is -2.11. The first kappa shape index (κ1) is 17.0. The predicted molar refractivity (Wildman–Crippen MR) is 95.4 cm³/mol. The van der Waals surface area contributed by atoms with Gasteiger partial charge in [0.15, 0.2) is 0 Å². The van der Waals surface area contributed by atoms with Gasteiger partial charge in [0, 0.05) is 18.6 Å². The molecule has 0 fully saturated rings. The van der Waals surface area contributed by atoms with E-state index in [4.69, 9.17) is 33.2 Å². The zero-order valence-corrected chi connectivity index (χ0v) is 14.3. The molecule has 0 aliphatic rings. The molecule has 0 amide bonds. The van der Waals surface area contributed by atoms with E-state index in [1.54, 1.807) is 36.4 Å². The minimum absolute atomic E-state index is 0.254. The van der Waals surface area contributed by atoms with E-state index in [0.29, 0.717) is 39.2 Å². The molecular formula is C18H11Cl2N3O2. The minimum atomic E-state index is -0.254. The summed E-state index contributed by atoms with van der Waals surface area (Å²) in [6, 6.07) is 15.2. The molecule has 1 N–H and O–H groups in total. The maximum Gasteiger partial charge on any atom is 0.264 e. The van der Waals surface area contributed by atoms with Gasteiger partial charge in [0.1, 0.15) is 11.5 Å². The molecule has 7 heteroatoms. The number of hydrogen-bond donors (Lipinski definition) is 1. The molecule has 0 aliphatic heterocycles. The number of aromatic nitrogens is 2. The molecule has 5 nitrogen and oxygen atoms in total. The molecule has 1 heterocycles. The Balaban J connectivity index is 1.88. The highest BCUT2D eigenvalue weighted by Gasteiger charge is 2.10. The minimum Gasteiger partial charge on any atom is -0.454 e. The molecule has 0 saturated carbocycles. The fourth-order valence-electron chi connectivity index (χ4n) is 2.19. The number of rotatable bonds is 4. The Hall–Kier alpha value is -2.81. The van der Waals surface area contributed by atoms with E-state index in [-0.39, 0.29) is 5.56 Å². The van der Waals surface area contributed by atoms with E-state index >= 15 is 0 Å². The van der Waals surface area contributed by atoms with Gasteiger partial charge in [-0.1, -0.05) is 29.3 Å². The second-order valence-electron chi connectivity index (χ2n) is 5.21. The van der Waals surface area contributed by atoms with Crippen molar-refractivity contribution in [2.24, 2.45) is 0 Å². The van der Waals surface area contributed by atoms with Crippen LogP contribution in [0.5, 0.6) is 11.5 Å². The highest BCUT2D eigenvalue weighted by Crippen LogP contribution is 2.35. The lowest BCUT2D eigenvalue weighted by atomic mass is 10.1. The van der Waals surface area contributed by atoms with Crippen LogP contribution in [0.2, 0.25) is 10.0 Å². The lowest BCUT2D eigenvalue weighted by molar-refractivity contribution is 0.482. The van der Waals surface area contributed by atoms with Crippen molar-refractivity contribution in [1.82, 2.24) is 10.2 Å². The van der Waals surface area contributed by atoms with Crippen LogP contribution in [0.1, 0.15) is 16.8 Å². The molecule has 0 aliphatic carbocycles. The Bertz CT molecular complexity index is 1010. The summed E-state index contributed by atoms with van der Waals surface area (Å²) < 4.78 is 5.79. The highest BCUT2D eigenvalue weighted by atomic mass is 35.5. The summed E-state index contributed by atoms with van der Waals surface area (Å²) in [5, 5.41) is 16.2. The van der Waals surface area contributed by atoms with Crippen LogP contribution in [0, 0.1) is 11.3 Å². The number of aromatic amines is 1. The average Bonchev–Trinajstić information content (AvgIpc) is 2.61. The second-order valence-corrected chi connectivity index (χ2v) is 6.03. The third-order valence-corrected chi connectivity index (χ3v) is 4.02. The van der Waals surface area contributed by atoms with Crippen LogP contribution in [0.15, 0.2) is 53.3 Å². The zero-order valence-electron chi connectivity index (χ0n) is 12.8. The van der Waals surface area contributed by atoms with Gasteiger partial charge >= 0.3 is 0 Å². The van der Waals surface area contributed by atoms with Crippen LogP contribution in [0.25, 0.3) is 0 Å². The van der Waals surface area contributed by atoms with E-state index < -0.39 is 0 Å². The monoisotopic (exact) mass is 371 g/mol. The summed E-state index contributed by atoms with van der Waals surface area (Å²) in [7, 11) is 0. The van der Waals surface area contributed by atoms with Crippen molar-refractivity contribution in [2.45, 2.75) is 6.42 Å².